The maximum atomic E-state index is 11.6. The van der Waals surface area contributed by atoms with Gasteiger partial charge in [-0.3, -0.25) is 4.79 Å². The van der Waals surface area contributed by atoms with Crippen molar-refractivity contribution in [2.45, 2.75) is 45.1 Å². The first kappa shape index (κ1) is 12.2. The molecule has 1 aliphatic carbocycles. The topological polar surface area (TPSA) is 65.2 Å². The molecular formula is C12H18N2O3. The minimum absolute atomic E-state index is 0.204. The van der Waals surface area contributed by atoms with Crippen molar-refractivity contribution in [1.29, 1.82) is 0 Å². The van der Waals surface area contributed by atoms with E-state index in [1.807, 2.05) is 13.8 Å². The van der Waals surface area contributed by atoms with Crippen molar-refractivity contribution >= 4 is 5.78 Å². The summed E-state index contributed by atoms with van der Waals surface area (Å²) < 4.78 is 10.5. The fraction of sp³-hybridized carbons (Fsp3) is 0.750. The Morgan fingerprint density at radius 2 is 2.29 bits per heavy atom. The largest absolute Gasteiger partial charge is 0.370 e. The van der Waals surface area contributed by atoms with Crippen LogP contribution in [-0.2, 0) is 21.6 Å². The minimum Gasteiger partial charge on any atom is -0.370 e. The normalized spacial score (nSPS) is 19.0. The summed E-state index contributed by atoms with van der Waals surface area (Å²) in [7, 11) is 1.62. The molecule has 94 valence electrons. The van der Waals surface area contributed by atoms with Gasteiger partial charge in [0.2, 0.25) is 11.7 Å². The molecule has 0 bridgehead atoms. The second-order valence-electron chi connectivity index (χ2n) is 4.72. The van der Waals surface area contributed by atoms with Crippen LogP contribution in [0.5, 0.6) is 0 Å². The van der Waals surface area contributed by atoms with Crippen molar-refractivity contribution in [3.8, 4) is 0 Å². The van der Waals surface area contributed by atoms with Crippen LogP contribution in [0, 0.1) is 5.92 Å². The quantitative estimate of drug-likeness (QED) is 0.756. The molecule has 2 rings (SSSR count). The van der Waals surface area contributed by atoms with Gasteiger partial charge in [-0.15, -0.1) is 0 Å². The van der Waals surface area contributed by atoms with Crippen molar-refractivity contribution in [2.24, 2.45) is 5.92 Å². The summed E-state index contributed by atoms with van der Waals surface area (Å²) in [5, 5.41) is 3.90. The van der Waals surface area contributed by atoms with E-state index in [0.717, 1.165) is 19.3 Å². The molecule has 0 saturated heterocycles. The molecule has 1 aromatic rings. The van der Waals surface area contributed by atoms with Gasteiger partial charge in [0.25, 0.3) is 0 Å². The molecule has 1 aromatic heterocycles. The van der Waals surface area contributed by atoms with Gasteiger partial charge >= 0.3 is 0 Å². The first-order valence-corrected chi connectivity index (χ1v) is 6.00. The van der Waals surface area contributed by atoms with Crippen LogP contribution in [0.4, 0.5) is 0 Å². The highest BCUT2D eigenvalue weighted by Crippen LogP contribution is 2.31. The van der Waals surface area contributed by atoms with Crippen LogP contribution in [-0.4, -0.2) is 23.0 Å². The van der Waals surface area contributed by atoms with Gasteiger partial charge in [0.05, 0.1) is 6.42 Å². The third-order valence-corrected chi connectivity index (χ3v) is 3.42. The summed E-state index contributed by atoms with van der Waals surface area (Å²) in [6, 6.07) is 0. The summed E-state index contributed by atoms with van der Waals surface area (Å²) >= 11 is 0. The first-order chi connectivity index (χ1) is 8.09. The van der Waals surface area contributed by atoms with Gasteiger partial charge in [0, 0.05) is 13.0 Å². The molecule has 1 unspecified atom stereocenters. The molecule has 17 heavy (non-hydrogen) atoms. The Kier molecular flexibility index (Phi) is 3.28. The molecule has 0 aliphatic heterocycles. The van der Waals surface area contributed by atoms with Crippen LogP contribution in [0.25, 0.3) is 0 Å². The van der Waals surface area contributed by atoms with E-state index in [1.54, 1.807) is 7.11 Å². The van der Waals surface area contributed by atoms with Gasteiger partial charge in [0.15, 0.2) is 0 Å². The number of ketones is 1. The van der Waals surface area contributed by atoms with Crippen LogP contribution < -0.4 is 0 Å². The van der Waals surface area contributed by atoms with Crippen molar-refractivity contribution in [3.05, 3.63) is 11.7 Å². The van der Waals surface area contributed by atoms with Gasteiger partial charge in [-0.2, -0.15) is 4.98 Å². The SMILES string of the molecule is CCC(C)(OC)c1noc(CC(=O)C2CC2)n1. The second-order valence-corrected chi connectivity index (χ2v) is 4.72. The smallest absolute Gasteiger partial charge is 0.234 e. The van der Waals surface area contributed by atoms with Crippen molar-refractivity contribution < 1.29 is 14.1 Å². The van der Waals surface area contributed by atoms with Crippen LogP contribution in [0.1, 0.15) is 44.8 Å². The molecule has 5 heteroatoms. The lowest BCUT2D eigenvalue weighted by atomic mass is 10.0. The fourth-order valence-electron chi connectivity index (χ4n) is 1.63. The predicted octanol–water partition coefficient (Wildman–Crippen LogP) is 1.86. The first-order valence-electron chi connectivity index (χ1n) is 6.00. The lowest BCUT2D eigenvalue weighted by molar-refractivity contribution is -0.119. The van der Waals surface area contributed by atoms with Crippen LogP contribution >= 0.6 is 0 Å². The molecular weight excluding hydrogens is 220 g/mol. The zero-order valence-electron chi connectivity index (χ0n) is 10.5. The Bertz CT molecular complexity index is 406. The maximum Gasteiger partial charge on any atom is 0.234 e. The average Bonchev–Trinajstić information content (AvgIpc) is 3.09. The zero-order valence-corrected chi connectivity index (χ0v) is 10.5. The lowest BCUT2D eigenvalue weighted by Crippen LogP contribution is -2.24. The van der Waals surface area contributed by atoms with Crippen molar-refractivity contribution in [2.75, 3.05) is 7.11 Å². The Balaban J connectivity index is 2.06. The molecule has 1 heterocycles. The molecule has 1 saturated carbocycles. The number of carbonyl (C=O) groups excluding carboxylic acids is 1. The second kappa shape index (κ2) is 4.56. The fourth-order valence-corrected chi connectivity index (χ4v) is 1.63. The highest BCUT2D eigenvalue weighted by atomic mass is 16.5. The number of hydrogen-bond acceptors (Lipinski definition) is 5. The van der Waals surface area contributed by atoms with E-state index in [0.29, 0.717) is 11.7 Å². The number of aromatic nitrogens is 2. The standard InChI is InChI=1S/C12H18N2O3/c1-4-12(2,16-3)11-13-10(17-14-11)7-9(15)8-5-6-8/h8H,4-7H2,1-3H3. The van der Waals surface area contributed by atoms with E-state index >= 15 is 0 Å². The molecule has 0 radical (unpaired) electrons. The number of hydrogen-bond donors (Lipinski definition) is 0. The monoisotopic (exact) mass is 238 g/mol. The summed E-state index contributed by atoms with van der Waals surface area (Å²) in [6.07, 6.45) is 3.01. The van der Waals surface area contributed by atoms with E-state index in [2.05, 4.69) is 10.1 Å². The molecule has 0 amide bonds. The lowest BCUT2D eigenvalue weighted by Gasteiger charge is -2.21. The molecule has 0 aromatic carbocycles. The van der Waals surface area contributed by atoms with Gasteiger partial charge in [-0.05, 0) is 26.2 Å². The number of carbonyl (C=O) groups is 1. The summed E-state index contributed by atoms with van der Waals surface area (Å²) in [5.74, 6) is 1.34. The molecule has 0 spiro atoms. The van der Waals surface area contributed by atoms with Gasteiger partial charge in [-0.25, -0.2) is 0 Å². The van der Waals surface area contributed by atoms with E-state index in [1.165, 1.54) is 0 Å². The number of ether oxygens (including phenoxy) is 1. The Morgan fingerprint density at radius 1 is 1.59 bits per heavy atom. The summed E-state index contributed by atoms with van der Waals surface area (Å²) in [6.45, 7) is 3.90. The van der Waals surface area contributed by atoms with Gasteiger partial charge in [0.1, 0.15) is 11.4 Å². The molecule has 1 fully saturated rings. The number of methoxy groups -OCH3 is 1. The molecule has 0 N–H and O–H groups in total. The Labute approximate surface area is 101 Å². The van der Waals surface area contributed by atoms with E-state index < -0.39 is 5.60 Å². The zero-order chi connectivity index (χ0) is 12.5. The third-order valence-electron chi connectivity index (χ3n) is 3.42. The van der Waals surface area contributed by atoms with Crippen LogP contribution in [0.2, 0.25) is 0 Å². The predicted molar refractivity (Wildman–Crippen MR) is 60.4 cm³/mol. The number of nitrogens with zero attached hydrogens (tertiary/aromatic N) is 2. The van der Waals surface area contributed by atoms with Crippen LogP contribution in [0.3, 0.4) is 0 Å². The highest BCUT2D eigenvalue weighted by molar-refractivity contribution is 5.84. The van der Waals surface area contributed by atoms with Crippen molar-refractivity contribution in [3.63, 3.8) is 0 Å². The van der Waals surface area contributed by atoms with Crippen LogP contribution in [0.15, 0.2) is 4.52 Å². The number of Topliss-reactive ketones (excluding diaryl/α,β-unsaturated/α-hetero) is 1. The Hall–Kier alpha value is -1.23. The minimum atomic E-state index is -0.537. The van der Waals surface area contributed by atoms with E-state index in [4.69, 9.17) is 9.26 Å². The third kappa shape index (κ3) is 2.54. The average molecular weight is 238 g/mol. The van der Waals surface area contributed by atoms with E-state index in [9.17, 15) is 4.79 Å². The maximum absolute atomic E-state index is 11.6. The molecule has 1 atom stereocenters. The van der Waals surface area contributed by atoms with Crippen molar-refractivity contribution in [1.82, 2.24) is 10.1 Å². The summed E-state index contributed by atoms with van der Waals surface area (Å²) in [4.78, 5) is 15.9. The number of rotatable bonds is 6. The van der Waals surface area contributed by atoms with E-state index in [-0.39, 0.29) is 18.1 Å². The molecule has 1 aliphatic rings. The Morgan fingerprint density at radius 3 is 2.82 bits per heavy atom. The van der Waals surface area contributed by atoms with Gasteiger partial charge < -0.3 is 9.26 Å². The highest BCUT2D eigenvalue weighted by Gasteiger charge is 2.33. The molecule has 5 nitrogen and oxygen atoms in total. The van der Waals surface area contributed by atoms with Gasteiger partial charge in [-0.1, -0.05) is 12.1 Å². The summed E-state index contributed by atoms with van der Waals surface area (Å²) in [5.41, 5.74) is -0.537.